The van der Waals surface area contributed by atoms with Gasteiger partial charge in [0.25, 0.3) is 0 Å². The van der Waals surface area contributed by atoms with Crippen LogP contribution in [0.5, 0.6) is 0 Å². The van der Waals surface area contributed by atoms with Crippen molar-refractivity contribution < 1.29 is 57.9 Å². The second kappa shape index (κ2) is 8.80. The molecule has 0 aliphatic carbocycles. The van der Waals surface area contributed by atoms with Crippen molar-refractivity contribution >= 4 is 26.2 Å². The van der Waals surface area contributed by atoms with Gasteiger partial charge < -0.3 is 57.9 Å². The van der Waals surface area contributed by atoms with Crippen LogP contribution in [0.25, 0.3) is 11.0 Å². The van der Waals surface area contributed by atoms with Crippen LogP contribution in [-0.4, -0.2) is 100 Å². The summed E-state index contributed by atoms with van der Waals surface area (Å²) in [6.07, 6.45) is -8.60. The van der Waals surface area contributed by atoms with Crippen LogP contribution in [0.1, 0.15) is 12.5 Å². The maximum atomic E-state index is 12.4. The average molecular weight is 538 g/mol. The van der Waals surface area contributed by atoms with Crippen molar-refractivity contribution in [2.75, 3.05) is 19.1 Å². The molecular weight excluding hydrogens is 514 g/mol. The molecular formula is C17H24N4O12P2. The van der Waals surface area contributed by atoms with E-state index in [1.165, 1.54) is 27.7 Å². The Bertz CT molecular complexity index is 1280. The molecule has 4 aliphatic rings. The van der Waals surface area contributed by atoms with Crippen LogP contribution >= 0.6 is 15.2 Å². The minimum absolute atomic E-state index is 0.114. The third kappa shape index (κ3) is 4.44. The predicted molar refractivity (Wildman–Crippen MR) is 112 cm³/mol. The molecule has 0 radical (unpaired) electrons. The highest BCUT2D eigenvalue weighted by molar-refractivity contribution is 7.70. The van der Waals surface area contributed by atoms with Gasteiger partial charge in [-0.2, -0.15) is 0 Å². The molecule has 16 nitrogen and oxygen atoms in total. The number of ether oxygens (including phenoxy) is 2. The van der Waals surface area contributed by atoms with Gasteiger partial charge in [0.05, 0.1) is 25.1 Å². The Kier molecular flexibility index (Phi) is 6.32. The Hall–Kier alpha value is -1.52. The maximum Gasteiger partial charge on any atom is 0.340 e. The summed E-state index contributed by atoms with van der Waals surface area (Å²) in [7, 11) is -9.49. The van der Waals surface area contributed by atoms with Crippen molar-refractivity contribution in [1.29, 1.82) is 5.41 Å². The highest BCUT2D eigenvalue weighted by atomic mass is 31.2. The van der Waals surface area contributed by atoms with Crippen molar-refractivity contribution in [3.63, 3.8) is 0 Å². The van der Waals surface area contributed by atoms with Crippen LogP contribution in [0.4, 0.5) is 0 Å². The van der Waals surface area contributed by atoms with Crippen LogP contribution in [-0.2, 0) is 27.7 Å². The molecule has 2 unspecified atom stereocenters. The van der Waals surface area contributed by atoms with Gasteiger partial charge in [-0.3, -0.25) is 14.5 Å². The Morgan fingerprint density at radius 1 is 0.886 bits per heavy atom. The lowest BCUT2D eigenvalue weighted by atomic mass is 10.1. The number of nitrogens with zero attached hydrogens (tertiary/aromatic N) is 3. The number of aromatic nitrogens is 3. The molecule has 2 saturated heterocycles. The van der Waals surface area contributed by atoms with Gasteiger partial charge in [0.15, 0.2) is 23.8 Å². The van der Waals surface area contributed by atoms with Crippen molar-refractivity contribution in [3.8, 4) is 0 Å². The lowest BCUT2D eigenvalue weighted by Crippen LogP contribution is -2.35. The lowest BCUT2D eigenvalue weighted by Gasteiger charge is -2.22. The van der Waals surface area contributed by atoms with Crippen LogP contribution in [0.3, 0.4) is 0 Å². The lowest BCUT2D eigenvalue weighted by molar-refractivity contribution is -0.0526. The minimum atomic E-state index is -4.75. The van der Waals surface area contributed by atoms with E-state index in [1.807, 2.05) is 0 Å². The molecule has 8 bridgehead atoms. The standard InChI is InChI=1S/C17H24N4O12P2/c18-15-10-7-1-2-20(15)16-13(24)11(22)8(32-16)3-30-34(26,27)6-35(28,29)31-4-9-12(23)14(25)17(33-9)21(7)5-19-10/h1-2,5,8-9,11-14,16-18,22-25H,3-4,6H2,(H,26,27)(H,28,29)/t8-,9-,11-,12-,13-,14-,16-,17-/m1/s1. The van der Waals surface area contributed by atoms with Crippen LogP contribution in [0.2, 0.25) is 0 Å². The van der Waals surface area contributed by atoms with Gasteiger partial charge in [-0.1, -0.05) is 0 Å². The third-order valence-electron chi connectivity index (χ3n) is 6.17. The maximum absolute atomic E-state index is 12.4. The first-order chi connectivity index (χ1) is 16.4. The molecule has 0 aromatic carbocycles. The van der Waals surface area contributed by atoms with E-state index in [2.05, 4.69) is 4.98 Å². The number of rotatable bonds is 0. The monoisotopic (exact) mass is 538 g/mol. The van der Waals surface area contributed by atoms with E-state index in [4.69, 9.17) is 23.9 Å². The van der Waals surface area contributed by atoms with Gasteiger partial charge in [0.1, 0.15) is 42.1 Å². The summed E-state index contributed by atoms with van der Waals surface area (Å²) in [6.45, 7) is -1.41. The minimum Gasteiger partial charge on any atom is -0.387 e. The van der Waals surface area contributed by atoms with Crippen molar-refractivity contribution in [2.45, 2.75) is 49.1 Å². The molecule has 194 valence electrons. The zero-order chi connectivity index (χ0) is 25.3. The number of aliphatic hydroxyl groups excluding tert-OH is 4. The molecule has 18 heteroatoms. The Balaban J connectivity index is 1.58. The summed E-state index contributed by atoms with van der Waals surface area (Å²) in [5.74, 6) is -1.31. The summed E-state index contributed by atoms with van der Waals surface area (Å²) in [4.78, 5) is 24.3. The number of imidazole rings is 1. The number of hydrogen-bond donors (Lipinski definition) is 7. The first-order valence-corrected chi connectivity index (χ1v) is 14.0. The number of fused-ring (bicyclic) bond motifs is 7. The first kappa shape index (κ1) is 25.1. The fourth-order valence-electron chi connectivity index (χ4n) is 4.36. The normalized spacial score (nSPS) is 44.6. The second-order valence-electron chi connectivity index (χ2n) is 8.56. The largest absolute Gasteiger partial charge is 0.387 e. The highest BCUT2D eigenvalue weighted by Crippen LogP contribution is 2.58. The van der Waals surface area contributed by atoms with Gasteiger partial charge in [-0.25, -0.2) is 4.98 Å². The fraction of sp³-hybridized carbons (Fsp3) is 0.647. The van der Waals surface area contributed by atoms with E-state index in [9.17, 15) is 39.3 Å². The highest BCUT2D eigenvalue weighted by Gasteiger charge is 2.48. The fourth-order valence-corrected chi connectivity index (χ4v) is 7.58. The summed E-state index contributed by atoms with van der Waals surface area (Å²) in [5.41, 5.74) is 0.220. The van der Waals surface area contributed by atoms with Crippen molar-refractivity contribution in [1.82, 2.24) is 14.1 Å². The van der Waals surface area contributed by atoms with Gasteiger partial charge >= 0.3 is 15.2 Å². The quantitative estimate of drug-likeness (QED) is 0.179. The molecule has 0 spiro atoms. The molecule has 2 fully saturated rings. The van der Waals surface area contributed by atoms with Gasteiger partial charge in [0, 0.05) is 6.20 Å². The van der Waals surface area contributed by atoms with E-state index in [1.54, 1.807) is 0 Å². The van der Waals surface area contributed by atoms with E-state index in [0.29, 0.717) is 5.52 Å². The molecule has 2 aromatic heterocycles. The van der Waals surface area contributed by atoms with E-state index >= 15 is 0 Å². The van der Waals surface area contributed by atoms with Crippen LogP contribution < -0.4 is 5.49 Å². The topological polar surface area (TPSA) is 239 Å². The first-order valence-electron chi connectivity index (χ1n) is 10.5. The Morgan fingerprint density at radius 2 is 1.40 bits per heavy atom. The van der Waals surface area contributed by atoms with E-state index < -0.39 is 83.4 Å². The molecule has 0 amide bonds. The smallest absolute Gasteiger partial charge is 0.340 e. The number of nitrogens with one attached hydrogen (secondary N) is 1. The Morgan fingerprint density at radius 3 is 1.94 bits per heavy atom. The SMILES string of the molecule is N=c1c2ncn3c2ccn1[C@@H]1O[C@H](COP(=O)(O)CP(=O)(O)OC[C@H]2O[C@@H]3[C@H](O)[C@@H]2O)[C@@H](O)[C@H]1O. The molecule has 6 heterocycles. The molecule has 7 N–H and O–H groups in total. The number of aliphatic hydroxyl groups is 4. The number of pyridine rings is 1. The molecule has 4 aliphatic heterocycles. The molecule has 35 heavy (non-hydrogen) atoms. The summed E-state index contributed by atoms with van der Waals surface area (Å²) < 4.78 is 48.3. The second-order valence-corrected chi connectivity index (χ2v) is 12.8. The van der Waals surface area contributed by atoms with E-state index in [-0.39, 0.29) is 11.0 Å². The Labute approximate surface area is 196 Å². The summed E-state index contributed by atoms with van der Waals surface area (Å²) >= 11 is 0. The van der Waals surface area contributed by atoms with Crippen LogP contribution in [0.15, 0.2) is 18.6 Å². The molecule has 2 aromatic rings. The summed E-state index contributed by atoms with van der Waals surface area (Å²) in [5, 5.41) is 50.3. The van der Waals surface area contributed by atoms with Gasteiger partial charge in [-0.15, -0.1) is 0 Å². The average Bonchev–Trinajstić information content (AvgIpc) is 3.41. The third-order valence-corrected chi connectivity index (χ3v) is 10.1. The van der Waals surface area contributed by atoms with Gasteiger partial charge in [-0.05, 0) is 6.07 Å². The zero-order valence-corrected chi connectivity index (χ0v) is 19.6. The van der Waals surface area contributed by atoms with Crippen molar-refractivity contribution in [2.24, 2.45) is 0 Å². The van der Waals surface area contributed by atoms with E-state index in [0.717, 1.165) is 0 Å². The van der Waals surface area contributed by atoms with Crippen LogP contribution in [0, 0.1) is 5.41 Å². The zero-order valence-electron chi connectivity index (χ0n) is 17.8. The van der Waals surface area contributed by atoms with Gasteiger partial charge in [0.2, 0.25) is 0 Å². The predicted octanol–water partition coefficient (Wildman–Crippen LogP) is -2.07. The molecule has 6 rings (SSSR count). The molecule has 0 saturated carbocycles. The molecule has 10 atom stereocenters. The van der Waals surface area contributed by atoms with Crippen molar-refractivity contribution in [3.05, 3.63) is 24.1 Å². The number of hydrogen-bond acceptors (Lipinski definition) is 12. The summed E-state index contributed by atoms with van der Waals surface area (Å²) in [6, 6.07) is 1.49.